The summed E-state index contributed by atoms with van der Waals surface area (Å²) in [5, 5.41) is 3.71. The minimum atomic E-state index is 0.0586. The highest BCUT2D eigenvalue weighted by atomic mass is 35.5. The zero-order valence-electron chi connectivity index (χ0n) is 11.0. The van der Waals surface area contributed by atoms with E-state index in [4.69, 9.17) is 27.9 Å². The molecule has 1 aromatic rings. The van der Waals surface area contributed by atoms with E-state index in [1.165, 1.54) is 13.3 Å². The van der Waals surface area contributed by atoms with Crippen LogP contribution in [0.5, 0.6) is 6.01 Å². The molecule has 1 rings (SSSR count). The first kappa shape index (κ1) is 15.3. The van der Waals surface area contributed by atoms with Crippen molar-refractivity contribution in [3.05, 3.63) is 11.2 Å². The van der Waals surface area contributed by atoms with E-state index in [2.05, 4.69) is 29.1 Å². The van der Waals surface area contributed by atoms with Gasteiger partial charge in [0.25, 0.3) is 0 Å². The summed E-state index contributed by atoms with van der Waals surface area (Å²) >= 11 is 12.1. The molecule has 0 bridgehead atoms. The van der Waals surface area contributed by atoms with E-state index in [-0.39, 0.29) is 5.41 Å². The Kier molecular flexibility index (Phi) is 5.96. The fourth-order valence-electron chi connectivity index (χ4n) is 1.58. The third-order valence-electron chi connectivity index (χ3n) is 3.32. The normalized spacial score (nSPS) is 11.4. The van der Waals surface area contributed by atoms with Crippen LogP contribution in [0.4, 0.5) is 5.82 Å². The number of hydrogen-bond acceptors (Lipinski definition) is 4. The first-order valence-electron chi connectivity index (χ1n) is 5.97. The lowest BCUT2D eigenvalue weighted by molar-refractivity contribution is 0.326. The molecule has 0 amide bonds. The van der Waals surface area contributed by atoms with Crippen LogP contribution in [0.15, 0.2) is 6.20 Å². The lowest BCUT2D eigenvalue weighted by atomic mass is 9.84. The Labute approximate surface area is 118 Å². The molecule has 0 aromatic carbocycles. The maximum absolute atomic E-state index is 6.06. The molecule has 102 valence electrons. The summed E-state index contributed by atoms with van der Waals surface area (Å²) in [5.74, 6) is 1.19. The number of nitrogens with zero attached hydrogens (tertiary/aromatic N) is 2. The van der Waals surface area contributed by atoms with Crippen LogP contribution >= 0.6 is 23.2 Å². The number of ether oxygens (including phenoxy) is 1. The molecular weight excluding hydrogens is 273 g/mol. The summed E-state index contributed by atoms with van der Waals surface area (Å²) < 4.78 is 4.97. The highest BCUT2D eigenvalue weighted by Crippen LogP contribution is 2.29. The van der Waals surface area contributed by atoms with E-state index in [1.54, 1.807) is 0 Å². The number of anilines is 1. The molecule has 0 saturated heterocycles. The van der Waals surface area contributed by atoms with Crippen LogP contribution in [-0.2, 0) is 0 Å². The van der Waals surface area contributed by atoms with Crippen LogP contribution in [0.1, 0.15) is 26.7 Å². The minimum Gasteiger partial charge on any atom is -0.467 e. The predicted octanol–water partition coefficient (Wildman–Crippen LogP) is 3.60. The maximum atomic E-state index is 6.06. The summed E-state index contributed by atoms with van der Waals surface area (Å²) in [6, 6.07) is 0.298. The molecule has 0 spiro atoms. The molecule has 0 saturated carbocycles. The second-order valence-corrected chi connectivity index (χ2v) is 4.92. The predicted molar refractivity (Wildman–Crippen MR) is 75.8 cm³/mol. The van der Waals surface area contributed by atoms with Crippen molar-refractivity contribution >= 4 is 29.0 Å². The van der Waals surface area contributed by atoms with E-state index >= 15 is 0 Å². The zero-order chi connectivity index (χ0) is 13.6. The molecule has 18 heavy (non-hydrogen) atoms. The Balaban J connectivity index is 2.78. The molecule has 0 unspecified atom stereocenters. The molecule has 0 aliphatic heterocycles. The molecule has 6 heteroatoms. The van der Waals surface area contributed by atoms with Crippen LogP contribution < -0.4 is 10.1 Å². The van der Waals surface area contributed by atoms with Crippen LogP contribution in [0.2, 0.25) is 5.02 Å². The fraction of sp³-hybridized carbons (Fsp3) is 0.667. The van der Waals surface area contributed by atoms with E-state index in [9.17, 15) is 0 Å². The Bertz CT molecular complexity index is 375. The van der Waals surface area contributed by atoms with Crippen molar-refractivity contribution in [2.45, 2.75) is 26.7 Å². The average molecular weight is 292 g/mol. The summed E-state index contributed by atoms with van der Waals surface area (Å²) in [4.78, 5) is 8.11. The average Bonchev–Trinajstić information content (AvgIpc) is 2.42. The van der Waals surface area contributed by atoms with Gasteiger partial charge in [-0.2, -0.15) is 4.98 Å². The second-order valence-electron chi connectivity index (χ2n) is 4.25. The van der Waals surface area contributed by atoms with Gasteiger partial charge < -0.3 is 10.1 Å². The van der Waals surface area contributed by atoms with Gasteiger partial charge in [-0.15, -0.1) is 11.6 Å². The molecule has 0 aliphatic rings. The minimum absolute atomic E-state index is 0.0586. The van der Waals surface area contributed by atoms with Crippen LogP contribution in [0, 0.1) is 5.41 Å². The first-order chi connectivity index (χ1) is 8.60. The highest BCUT2D eigenvalue weighted by molar-refractivity contribution is 6.32. The Morgan fingerprint density at radius 1 is 1.39 bits per heavy atom. The van der Waals surface area contributed by atoms with Gasteiger partial charge in [0, 0.05) is 17.8 Å². The number of hydrogen-bond donors (Lipinski definition) is 1. The first-order valence-corrected chi connectivity index (χ1v) is 6.88. The van der Waals surface area contributed by atoms with Crippen LogP contribution in [0.25, 0.3) is 0 Å². The molecule has 0 fully saturated rings. The van der Waals surface area contributed by atoms with Crippen LogP contribution in [-0.4, -0.2) is 29.5 Å². The van der Waals surface area contributed by atoms with E-state index < -0.39 is 0 Å². The van der Waals surface area contributed by atoms with Crippen molar-refractivity contribution in [2.75, 3.05) is 24.9 Å². The van der Waals surface area contributed by atoms with Gasteiger partial charge in [-0.05, 0) is 12.8 Å². The van der Waals surface area contributed by atoms with E-state index in [0.717, 1.165) is 19.4 Å². The number of aromatic nitrogens is 2. The van der Waals surface area contributed by atoms with Crippen molar-refractivity contribution in [2.24, 2.45) is 5.41 Å². The topological polar surface area (TPSA) is 47.0 Å². The smallest absolute Gasteiger partial charge is 0.318 e. The van der Waals surface area contributed by atoms with Crippen molar-refractivity contribution in [3.8, 4) is 6.01 Å². The zero-order valence-corrected chi connectivity index (χ0v) is 12.5. The van der Waals surface area contributed by atoms with Crippen LogP contribution in [0.3, 0.4) is 0 Å². The number of alkyl halides is 1. The van der Waals surface area contributed by atoms with Crippen molar-refractivity contribution < 1.29 is 4.74 Å². The number of rotatable bonds is 7. The molecular formula is C12H19Cl2N3O. The molecule has 4 nitrogen and oxygen atoms in total. The summed E-state index contributed by atoms with van der Waals surface area (Å²) in [7, 11) is 1.52. The quantitative estimate of drug-likeness (QED) is 0.780. The monoisotopic (exact) mass is 291 g/mol. The van der Waals surface area contributed by atoms with Gasteiger partial charge >= 0.3 is 6.01 Å². The summed E-state index contributed by atoms with van der Waals surface area (Å²) in [6.45, 7) is 4.99. The summed E-state index contributed by atoms with van der Waals surface area (Å²) in [5.41, 5.74) is 0.0586. The SMILES string of the molecule is CCC(CC)(CCl)CNc1nc(OC)ncc1Cl. The molecule has 1 N–H and O–H groups in total. The van der Waals surface area contributed by atoms with Gasteiger partial charge in [0.1, 0.15) is 5.02 Å². The number of methoxy groups -OCH3 is 1. The van der Waals surface area contributed by atoms with Gasteiger partial charge in [0.15, 0.2) is 5.82 Å². The van der Waals surface area contributed by atoms with Crippen molar-refractivity contribution in [1.29, 1.82) is 0 Å². The molecule has 0 aliphatic carbocycles. The largest absolute Gasteiger partial charge is 0.467 e. The third-order valence-corrected chi connectivity index (χ3v) is 4.16. The van der Waals surface area contributed by atoms with Gasteiger partial charge in [0.2, 0.25) is 0 Å². The van der Waals surface area contributed by atoms with Crippen molar-refractivity contribution in [1.82, 2.24) is 9.97 Å². The third kappa shape index (κ3) is 3.62. The second kappa shape index (κ2) is 7.00. The Morgan fingerprint density at radius 3 is 2.56 bits per heavy atom. The highest BCUT2D eigenvalue weighted by Gasteiger charge is 2.25. The number of nitrogens with one attached hydrogen (secondary N) is 1. The van der Waals surface area contributed by atoms with Crippen molar-refractivity contribution in [3.63, 3.8) is 0 Å². The van der Waals surface area contributed by atoms with Gasteiger partial charge in [-0.1, -0.05) is 25.4 Å². The fourth-order valence-corrected chi connectivity index (χ4v) is 2.21. The number of halogens is 2. The van der Waals surface area contributed by atoms with Gasteiger partial charge in [0.05, 0.1) is 13.3 Å². The molecule has 0 radical (unpaired) electrons. The summed E-state index contributed by atoms with van der Waals surface area (Å²) in [6.07, 6.45) is 3.52. The maximum Gasteiger partial charge on any atom is 0.318 e. The standard InChI is InChI=1S/C12H19Cl2N3O/c1-4-12(5-2,7-13)8-16-10-9(14)6-15-11(17-10)18-3/h6H,4-5,7-8H2,1-3H3,(H,15,16,17). The van der Waals surface area contributed by atoms with E-state index in [1.807, 2.05) is 0 Å². The Morgan fingerprint density at radius 2 is 2.06 bits per heavy atom. The van der Waals surface area contributed by atoms with E-state index in [0.29, 0.717) is 22.7 Å². The molecule has 1 heterocycles. The lowest BCUT2D eigenvalue weighted by Gasteiger charge is -2.29. The Hall–Kier alpha value is -0.740. The molecule has 1 aromatic heterocycles. The molecule has 0 atom stereocenters. The van der Waals surface area contributed by atoms with Gasteiger partial charge in [-0.25, -0.2) is 4.98 Å². The lowest BCUT2D eigenvalue weighted by Crippen LogP contribution is -2.30. The van der Waals surface area contributed by atoms with Gasteiger partial charge in [-0.3, -0.25) is 0 Å².